The molecule has 0 saturated carbocycles. The fraction of sp³-hybridized carbons (Fsp3) is 0.765. The molecule has 2 atom stereocenters. The lowest BCUT2D eigenvalue weighted by Gasteiger charge is -2.25. The Labute approximate surface area is 132 Å². The van der Waals surface area contributed by atoms with Crippen LogP contribution in [0.3, 0.4) is 0 Å². The van der Waals surface area contributed by atoms with Gasteiger partial charge in [-0.05, 0) is 61.8 Å². The van der Waals surface area contributed by atoms with E-state index in [-0.39, 0.29) is 0 Å². The van der Waals surface area contributed by atoms with Crippen molar-refractivity contribution in [3.05, 3.63) is 21.9 Å². The summed E-state index contributed by atoms with van der Waals surface area (Å²) in [7, 11) is 0. The molecule has 0 radical (unpaired) electrons. The summed E-state index contributed by atoms with van der Waals surface area (Å²) in [5.74, 6) is 0.915. The average Bonchev–Trinajstić information content (AvgIpc) is 3.17. The second-order valence-corrected chi connectivity index (χ2v) is 8.06. The summed E-state index contributed by atoms with van der Waals surface area (Å²) in [6.07, 6.45) is 5.59. The van der Waals surface area contributed by atoms with E-state index in [1.807, 2.05) is 11.3 Å². The number of thiophene rings is 1. The molecule has 2 unspecified atom stereocenters. The van der Waals surface area contributed by atoms with Crippen LogP contribution in [0.4, 0.5) is 0 Å². The van der Waals surface area contributed by atoms with Crippen LogP contribution in [-0.2, 0) is 13.1 Å². The van der Waals surface area contributed by atoms with Crippen molar-refractivity contribution in [3.8, 4) is 0 Å². The van der Waals surface area contributed by atoms with Crippen LogP contribution >= 0.6 is 11.3 Å². The molecule has 4 heterocycles. The molecule has 1 aromatic rings. The van der Waals surface area contributed by atoms with E-state index < -0.39 is 0 Å². The molecule has 0 bridgehead atoms. The van der Waals surface area contributed by atoms with Gasteiger partial charge < -0.3 is 5.32 Å². The normalized spacial score (nSPS) is 30.9. The molecular weight excluding hydrogens is 278 g/mol. The van der Waals surface area contributed by atoms with E-state index in [0.717, 1.165) is 12.0 Å². The van der Waals surface area contributed by atoms with Crippen LogP contribution in [0.1, 0.15) is 36.1 Å². The highest BCUT2D eigenvalue weighted by Gasteiger charge is 2.35. The fourth-order valence-electron chi connectivity index (χ4n) is 4.26. The smallest absolute Gasteiger partial charge is 0.0328 e. The Balaban J connectivity index is 1.30. The molecule has 4 rings (SSSR count). The van der Waals surface area contributed by atoms with Gasteiger partial charge in [-0.15, -0.1) is 11.3 Å². The molecular formula is C17H27N3S. The van der Waals surface area contributed by atoms with Crippen LogP contribution in [-0.4, -0.2) is 48.6 Å². The Bertz CT molecular complexity index is 454. The number of nitrogens with zero attached hydrogens (tertiary/aromatic N) is 2. The molecule has 3 saturated heterocycles. The maximum atomic E-state index is 3.65. The minimum absolute atomic E-state index is 0.776. The molecule has 0 aromatic carbocycles. The summed E-state index contributed by atoms with van der Waals surface area (Å²) >= 11 is 1.96. The van der Waals surface area contributed by atoms with Crippen LogP contribution in [0.15, 0.2) is 11.4 Å². The molecule has 21 heavy (non-hydrogen) atoms. The Morgan fingerprint density at radius 1 is 1.10 bits per heavy atom. The van der Waals surface area contributed by atoms with E-state index in [0.29, 0.717) is 0 Å². The molecule has 3 nitrogen and oxygen atoms in total. The number of rotatable bonds is 4. The van der Waals surface area contributed by atoms with E-state index in [1.165, 1.54) is 77.1 Å². The third kappa shape index (κ3) is 3.34. The molecule has 4 heteroatoms. The minimum atomic E-state index is 0.776. The van der Waals surface area contributed by atoms with E-state index in [2.05, 4.69) is 26.6 Å². The summed E-state index contributed by atoms with van der Waals surface area (Å²) in [6, 6.07) is 3.23. The van der Waals surface area contributed by atoms with Crippen LogP contribution in [0.5, 0.6) is 0 Å². The Hall–Kier alpha value is -0.420. The zero-order valence-electron chi connectivity index (χ0n) is 12.9. The van der Waals surface area contributed by atoms with E-state index in [1.54, 1.807) is 4.88 Å². The van der Waals surface area contributed by atoms with Crippen molar-refractivity contribution in [2.45, 2.75) is 44.8 Å². The predicted molar refractivity (Wildman–Crippen MR) is 88.6 cm³/mol. The standard InChI is InChI=1S/C17H27N3S/c1-2-6-19(7-3-1)9-14-8-16(21-13-14)11-20-10-15-4-5-18-17(15)12-20/h8,13,15,17-18H,1-7,9-12H2. The average molecular weight is 305 g/mol. The van der Waals surface area contributed by atoms with Crippen molar-refractivity contribution in [1.29, 1.82) is 0 Å². The Morgan fingerprint density at radius 3 is 2.86 bits per heavy atom. The largest absolute Gasteiger partial charge is 0.312 e. The zero-order chi connectivity index (χ0) is 14.1. The minimum Gasteiger partial charge on any atom is -0.312 e. The third-order valence-corrected chi connectivity index (χ3v) is 6.35. The summed E-state index contributed by atoms with van der Waals surface area (Å²) < 4.78 is 0. The molecule has 3 fully saturated rings. The quantitative estimate of drug-likeness (QED) is 0.922. The predicted octanol–water partition coefficient (Wildman–Crippen LogP) is 2.53. The van der Waals surface area contributed by atoms with Gasteiger partial charge in [0.05, 0.1) is 0 Å². The molecule has 0 spiro atoms. The van der Waals surface area contributed by atoms with Gasteiger partial charge in [0.25, 0.3) is 0 Å². The van der Waals surface area contributed by atoms with Crippen molar-refractivity contribution in [3.63, 3.8) is 0 Å². The van der Waals surface area contributed by atoms with E-state index in [4.69, 9.17) is 0 Å². The number of piperidine rings is 1. The first kappa shape index (κ1) is 14.2. The van der Waals surface area contributed by atoms with Gasteiger partial charge >= 0.3 is 0 Å². The monoisotopic (exact) mass is 305 g/mol. The first-order valence-electron chi connectivity index (χ1n) is 8.61. The van der Waals surface area contributed by atoms with Crippen molar-refractivity contribution in [1.82, 2.24) is 15.1 Å². The summed E-state index contributed by atoms with van der Waals surface area (Å²) in [5.41, 5.74) is 1.54. The second-order valence-electron chi connectivity index (χ2n) is 7.06. The molecule has 1 aromatic heterocycles. The highest BCUT2D eigenvalue weighted by atomic mass is 32.1. The molecule has 116 valence electrons. The third-order valence-electron chi connectivity index (χ3n) is 5.38. The lowest BCUT2D eigenvalue weighted by molar-refractivity contribution is 0.221. The number of hydrogen-bond acceptors (Lipinski definition) is 4. The van der Waals surface area contributed by atoms with Gasteiger partial charge in [0, 0.05) is 37.1 Å². The maximum absolute atomic E-state index is 3.65. The molecule has 3 aliphatic heterocycles. The van der Waals surface area contributed by atoms with Gasteiger partial charge in [-0.1, -0.05) is 6.42 Å². The lowest BCUT2D eigenvalue weighted by Crippen LogP contribution is -2.29. The van der Waals surface area contributed by atoms with Crippen molar-refractivity contribution >= 4 is 11.3 Å². The molecule has 0 aliphatic carbocycles. The lowest BCUT2D eigenvalue weighted by atomic mass is 10.1. The Morgan fingerprint density at radius 2 is 2.00 bits per heavy atom. The van der Waals surface area contributed by atoms with Crippen LogP contribution in [0.2, 0.25) is 0 Å². The first-order valence-corrected chi connectivity index (χ1v) is 9.49. The van der Waals surface area contributed by atoms with Crippen LogP contribution in [0, 0.1) is 5.92 Å². The van der Waals surface area contributed by atoms with Crippen molar-refractivity contribution in [2.24, 2.45) is 5.92 Å². The molecule has 1 N–H and O–H groups in total. The van der Waals surface area contributed by atoms with Crippen molar-refractivity contribution < 1.29 is 0 Å². The SMILES string of the molecule is c1sc(CN2CC3CCNC3C2)cc1CN1CCCCC1. The maximum Gasteiger partial charge on any atom is 0.0328 e. The van der Waals surface area contributed by atoms with Gasteiger partial charge in [0.15, 0.2) is 0 Å². The summed E-state index contributed by atoms with van der Waals surface area (Å²) in [6.45, 7) is 8.73. The summed E-state index contributed by atoms with van der Waals surface area (Å²) in [5, 5.41) is 6.04. The van der Waals surface area contributed by atoms with Gasteiger partial charge in [0.2, 0.25) is 0 Å². The zero-order valence-corrected chi connectivity index (χ0v) is 13.7. The van der Waals surface area contributed by atoms with Gasteiger partial charge in [-0.2, -0.15) is 0 Å². The number of hydrogen-bond donors (Lipinski definition) is 1. The number of fused-ring (bicyclic) bond motifs is 1. The second kappa shape index (κ2) is 6.37. The number of likely N-dealkylation sites (tertiary alicyclic amines) is 2. The van der Waals surface area contributed by atoms with E-state index in [9.17, 15) is 0 Å². The van der Waals surface area contributed by atoms with Gasteiger partial charge in [-0.3, -0.25) is 9.80 Å². The van der Waals surface area contributed by atoms with E-state index >= 15 is 0 Å². The van der Waals surface area contributed by atoms with Crippen LogP contribution in [0.25, 0.3) is 0 Å². The molecule has 0 amide bonds. The van der Waals surface area contributed by atoms with Gasteiger partial charge in [0.1, 0.15) is 0 Å². The van der Waals surface area contributed by atoms with Crippen molar-refractivity contribution in [2.75, 3.05) is 32.7 Å². The van der Waals surface area contributed by atoms with Crippen LogP contribution < -0.4 is 5.32 Å². The first-order chi connectivity index (χ1) is 10.4. The fourth-order valence-corrected chi connectivity index (χ4v) is 5.18. The number of nitrogens with one attached hydrogen (secondary N) is 1. The summed E-state index contributed by atoms with van der Waals surface area (Å²) in [4.78, 5) is 6.83. The van der Waals surface area contributed by atoms with Gasteiger partial charge in [-0.25, -0.2) is 0 Å². The Kier molecular flexibility index (Phi) is 4.30. The highest BCUT2D eigenvalue weighted by Crippen LogP contribution is 2.27. The topological polar surface area (TPSA) is 18.5 Å². The molecule has 3 aliphatic rings. The highest BCUT2D eigenvalue weighted by molar-refractivity contribution is 7.10.